The zero-order valence-corrected chi connectivity index (χ0v) is 25.3. The van der Waals surface area contributed by atoms with Gasteiger partial charge in [-0.15, -0.1) is 0 Å². The fraction of sp³-hybridized carbons (Fsp3) is 0.0698. The lowest BCUT2D eigenvalue weighted by Crippen LogP contribution is -2.15. The highest BCUT2D eigenvalue weighted by atomic mass is 14.6. The Kier molecular flexibility index (Phi) is 5.58. The smallest absolute Gasteiger partial charge is 0.0273 e. The molecule has 9 rings (SSSR count). The van der Waals surface area contributed by atoms with Crippen molar-refractivity contribution in [3.63, 3.8) is 0 Å². The van der Waals surface area contributed by atoms with E-state index in [9.17, 15) is 0 Å². The van der Waals surface area contributed by atoms with Crippen LogP contribution in [0, 0.1) is 0 Å². The first-order valence-corrected chi connectivity index (χ1v) is 15.6. The highest BCUT2D eigenvalue weighted by Gasteiger charge is 2.36. The Morgan fingerprint density at radius 1 is 0.356 bits per heavy atom. The van der Waals surface area contributed by atoms with Gasteiger partial charge < -0.3 is 0 Å². The summed E-state index contributed by atoms with van der Waals surface area (Å²) in [6.45, 7) is 4.76. The number of pyridine rings is 2. The zero-order valence-electron chi connectivity index (χ0n) is 25.3. The van der Waals surface area contributed by atoms with E-state index in [-0.39, 0.29) is 5.41 Å². The number of rotatable bonds is 3. The molecule has 0 unspecified atom stereocenters. The molecule has 1 aliphatic rings. The maximum atomic E-state index is 4.25. The number of aromatic nitrogens is 2. The van der Waals surface area contributed by atoms with Crippen LogP contribution in [0.15, 0.2) is 146 Å². The first-order chi connectivity index (χ1) is 22.1. The molecule has 0 atom stereocenters. The SMILES string of the molecule is CC1(C)c2cc(-c3cc(-c4ccncc4)cc(-c4ccncc4)c3)ccc2-c2cc3c4ccccc4c4ccccc4c3cc21. The Balaban J connectivity index is 1.25. The van der Waals surface area contributed by atoms with Crippen LogP contribution in [0.3, 0.4) is 0 Å². The molecule has 0 bridgehead atoms. The van der Waals surface area contributed by atoms with E-state index >= 15 is 0 Å². The summed E-state index contributed by atoms with van der Waals surface area (Å²) in [4.78, 5) is 8.50. The van der Waals surface area contributed by atoms with Gasteiger partial charge in [-0.3, -0.25) is 9.97 Å². The molecule has 2 heteroatoms. The maximum absolute atomic E-state index is 4.25. The minimum Gasteiger partial charge on any atom is -0.265 e. The fourth-order valence-corrected chi connectivity index (χ4v) is 7.53. The molecule has 1 aliphatic carbocycles. The van der Waals surface area contributed by atoms with Crippen LogP contribution in [-0.4, -0.2) is 9.97 Å². The molecule has 2 nitrogen and oxygen atoms in total. The Bertz CT molecular complexity index is 2380. The van der Waals surface area contributed by atoms with E-state index in [0.29, 0.717) is 0 Å². The molecule has 0 radical (unpaired) electrons. The van der Waals surface area contributed by atoms with Crippen LogP contribution in [0.5, 0.6) is 0 Å². The molecule has 0 fully saturated rings. The molecular weight excluding hydrogens is 544 g/mol. The van der Waals surface area contributed by atoms with Crippen LogP contribution in [0.25, 0.3) is 76.8 Å². The standard InChI is InChI=1S/C43H30N2/c1-43(2)41-24-29(32-22-30(27-13-17-44-18-14-27)21-31(23-32)28-15-19-45-20-16-28)11-12-37(41)40-25-38-35-9-5-3-7-33(35)34-8-4-6-10-36(34)39(38)26-42(40)43/h3-26H,1-2H3. The van der Waals surface area contributed by atoms with E-state index in [1.165, 1.54) is 76.8 Å². The second kappa shape index (κ2) is 9.70. The van der Waals surface area contributed by atoms with Gasteiger partial charge in [0.1, 0.15) is 0 Å². The summed E-state index contributed by atoms with van der Waals surface area (Å²) < 4.78 is 0. The molecule has 2 heterocycles. The monoisotopic (exact) mass is 574 g/mol. The number of benzene rings is 6. The molecule has 0 N–H and O–H groups in total. The van der Waals surface area contributed by atoms with Crippen molar-refractivity contribution in [1.82, 2.24) is 9.97 Å². The lowest BCUT2D eigenvalue weighted by Gasteiger charge is -2.23. The van der Waals surface area contributed by atoms with Crippen molar-refractivity contribution in [2.45, 2.75) is 19.3 Å². The van der Waals surface area contributed by atoms with Crippen molar-refractivity contribution >= 4 is 32.3 Å². The van der Waals surface area contributed by atoms with Crippen molar-refractivity contribution in [3.8, 4) is 44.5 Å². The van der Waals surface area contributed by atoms with Crippen LogP contribution < -0.4 is 0 Å². The third kappa shape index (κ3) is 3.96. The van der Waals surface area contributed by atoms with E-state index in [1.807, 2.05) is 24.8 Å². The highest BCUT2D eigenvalue weighted by molar-refractivity contribution is 6.26. The van der Waals surface area contributed by atoms with Gasteiger partial charge >= 0.3 is 0 Å². The summed E-state index contributed by atoms with van der Waals surface area (Å²) in [5, 5.41) is 7.91. The van der Waals surface area contributed by atoms with Gasteiger partial charge in [-0.2, -0.15) is 0 Å². The van der Waals surface area contributed by atoms with E-state index in [1.54, 1.807) is 0 Å². The molecule has 212 valence electrons. The molecule has 6 aromatic carbocycles. The molecule has 2 aromatic heterocycles. The summed E-state index contributed by atoms with van der Waals surface area (Å²) in [5.41, 5.74) is 12.4. The second-order valence-corrected chi connectivity index (χ2v) is 12.7. The summed E-state index contributed by atoms with van der Waals surface area (Å²) in [6, 6.07) is 44.9. The molecule has 8 aromatic rings. The third-order valence-corrected chi connectivity index (χ3v) is 9.83. The molecular formula is C43H30N2. The van der Waals surface area contributed by atoms with Crippen molar-refractivity contribution in [2.75, 3.05) is 0 Å². The fourth-order valence-electron chi connectivity index (χ4n) is 7.53. The Hall–Kier alpha value is -5.60. The number of nitrogens with zero attached hydrogens (tertiary/aromatic N) is 2. The number of hydrogen-bond donors (Lipinski definition) is 0. The lowest BCUT2D eigenvalue weighted by atomic mass is 9.80. The van der Waals surface area contributed by atoms with Crippen LogP contribution in [-0.2, 0) is 5.41 Å². The Morgan fingerprint density at radius 2 is 0.800 bits per heavy atom. The molecule has 0 aliphatic heterocycles. The summed E-state index contributed by atoms with van der Waals surface area (Å²) in [6.07, 6.45) is 7.44. The van der Waals surface area contributed by atoms with Gasteiger partial charge in [0.15, 0.2) is 0 Å². The van der Waals surface area contributed by atoms with Crippen molar-refractivity contribution in [3.05, 3.63) is 157 Å². The molecule has 0 saturated carbocycles. The summed E-state index contributed by atoms with van der Waals surface area (Å²) in [5.74, 6) is 0. The van der Waals surface area contributed by atoms with Gasteiger partial charge in [0.05, 0.1) is 0 Å². The van der Waals surface area contributed by atoms with Gasteiger partial charge in [-0.25, -0.2) is 0 Å². The number of hydrogen-bond acceptors (Lipinski definition) is 2. The summed E-state index contributed by atoms with van der Waals surface area (Å²) >= 11 is 0. The largest absolute Gasteiger partial charge is 0.265 e. The predicted octanol–water partition coefficient (Wildman–Crippen LogP) is 11.2. The Labute approximate surface area is 262 Å². The quantitative estimate of drug-likeness (QED) is 0.196. The minimum absolute atomic E-state index is 0.141. The van der Waals surface area contributed by atoms with Crippen molar-refractivity contribution in [1.29, 1.82) is 0 Å². The average Bonchev–Trinajstić information content (AvgIpc) is 3.33. The average molecular weight is 575 g/mol. The van der Waals surface area contributed by atoms with Crippen LogP contribution in [0.1, 0.15) is 25.0 Å². The van der Waals surface area contributed by atoms with E-state index in [2.05, 4.69) is 145 Å². The van der Waals surface area contributed by atoms with Crippen LogP contribution in [0.2, 0.25) is 0 Å². The topological polar surface area (TPSA) is 25.8 Å². The molecule has 0 spiro atoms. The third-order valence-electron chi connectivity index (χ3n) is 9.83. The van der Waals surface area contributed by atoms with Crippen LogP contribution in [0.4, 0.5) is 0 Å². The van der Waals surface area contributed by atoms with Gasteiger partial charge in [-0.05, 0) is 149 Å². The first kappa shape index (κ1) is 25.9. The molecule has 0 saturated heterocycles. The first-order valence-electron chi connectivity index (χ1n) is 15.6. The highest BCUT2D eigenvalue weighted by Crippen LogP contribution is 2.52. The molecule has 0 amide bonds. The zero-order chi connectivity index (χ0) is 30.1. The van der Waals surface area contributed by atoms with Crippen molar-refractivity contribution < 1.29 is 0 Å². The van der Waals surface area contributed by atoms with Crippen LogP contribution >= 0.6 is 0 Å². The van der Waals surface area contributed by atoms with E-state index < -0.39 is 0 Å². The normalized spacial score (nSPS) is 13.3. The van der Waals surface area contributed by atoms with Gasteiger partial charge in [0.25, 0.3) is 0 Å². The maximum Gasteiger partial charge on any atom is 0.0273 e. The van der Waals surface area contributed by atoms with Gasteiger partial charge in [0.2, 0.25) is 0 Å². The van der Waals surface area contributed by atoms with Crippen molar-refractivity contribution in [2.24, 2.45) is 0 Å². The van der Waals surface area contributed by atoms with Gasteiger partial charge in [0, 0.05) is 30.2 Å². The molecule has 45 heavy (non-hydrogen) atoms. The summed E-state index contributed by atoms with van der Waals surface area (Å²) in [7, 11) is 0. The lowest BCUT2D eigenvalue weighted by molar-refractivity contribution is 0.661. The minimum atomic E-state index is -0.141. The van der Waals surface area contributed by atoms with E-state index in [4.69, 9.17) is 0 Å². The number of fused-ring (bicyclic) bond motifs is 9. The van der Waals surface area contributed by atoms with Gasteiger partial charge in [-0.1, -0.05) is 74.5 Å². The van der Waals surface area contributed by atoms with E-state index in [0.717, 1.165) is 11.1 Å². The predicted molar refractivity (Wildman–Crippen MR) is 188 cm³/mol. The Morgan fingerprint density at radius 3 is 1.33 bits per heavy atom. The second-order valence-electron chi connectivity index (χ2n) is 12.7.